The highest BCUT2D eigenvalue weighted by Gasteiger charge is 2.10. The van der Waals surface area contributed by atoms with E-state index in [0.29, 0.717) is 0 Å². The summed E-state index contributed by atoms with van der Waals surface area (Å²) < 4.78 is 9.85. The van der Waals surface area contributed by atoms with Crippen LogP contribution in [0.5, 0.6) is 0 Å². The van der Waals surface area contributed by atoms with E-state index in [0.717, 1.165) is 31.9 Å². The van der Waals surface area contributed by atoms with Gasteiger partial charge in [-0.15, -0.1) is 0 Å². The van der Waals surface area contributed by atoms with Crippen LogP contribution in [-0.4, -0.2) is 39.4 Å². The molecule has 4 nitrogen and oxygen atoms in total. The van der Waals surface area contributed by atoms with E-state index in [-0.39, 0.29) is 12.4 Å². The second-order valence-electron chi connectivity index (χ2n) is 4.20. The molecule has 1 fully saturated rings. The minimum absolute atomic E-state index is 0.127. The van der Waals surface area contributed by atoms with Gasteiger partial charge in [0.25, 0.3) is 0 Å². The van der Waals surface area contributed by atoms with Crippen molar-refractivity contribution in [2.75, 3.05) is 38.3 Å². The monoisotopic (exact) mass is 259 g/mol. The summed E-state index contributed by atoms with van der Waals surface area (Å²) in [6, 6.07) is 8.03. The predicted molar refractivity (Wildman–Crippen MR) is 73.0 cm³/mol. The lowest BCUT2D eigenvalue weighted by Crippen LogP contribution is -2.36. The van der Waals surface area contributed by atoms with Crippen molar-refractivity contribution in [3.05, 3.63) is 29.8 Å². The van der Waals surface area contributed by atoms with Crippen LogP contribution in [0.4, 0.5) is 5.69 Å². The van der Waals surface area contributed by atoms with Crippen molar-refractivity contribution in [3.8, 4) is 11.8 Å². The van der Waals surface area contributed by atoms with Crippen LogP contribution in [0, 0.1) is 11.8 Å². The Bertz CT molecular complexity index is 478. The van der Waals surface area contributed by atoms with Crippen LogP contribution >= 0.6 is 0 Å². The number of methoxy groups -OCH3 is 1. The molecule has 0 radical (unpaired) electrons. The molecule has 0 aliphatic carbocycles. The molecule has 0 bridgehead atoms. The van der Waals surface area contributed by atoms with Crippen LogP contribution in [0.15, 0.2) is 24.3 Å². The zero-order valence-corrected chi connectivity index (χ0v) is 11.0. The Kier molecular flexibility index (Phi) is 4.82. The highest BCUT2D eigenvalue weighted by atomic mass is 16.5. The summed E-state index contributed by atoms with van der Waals surface area (Å²) in [7, 11) is 1.36. The Labute approximate surface area is 113 Å². The summed E-state index contributed by atoms with van der Waals surface area (Å²) in [4.78, 5) is 13.2. The van der Waals surface area contributed by atoms with Gasteiger partial charge in [0.05, 0.1) is 20.3 Å². The number of hydrogen-bond acceptors (Lipinski definition) is 4. The molecule has 1 saturated heterocycles. The number of morpholine rings is 1. The number of nitrogens with zero attached hydrogens (tertiary/aromatic N) is 1. The smallest absolute Gasteiger partial charge is 0.317 e. The number of carbonyl (C=O) groups is 1. The van der Waals surface area contributed by atoms with E-state index < -0.39 is 0 Å². The van der Waals surface area contributed by atoms with E-state index >= 15 is 0 Å². The average molecular weight is 259 g/mol. The van der Waals surface area contributed by atoms with Crippen LogP contribution in [0.2, 0.25) is 0 Å². The number of ether oxygens (including phenoxy) is 2. The van der Waals surface area contributed by atoms with Gasteiger partial charge in [0.15, 0.2) is 0 Å². The summed E-state index contributed by atoms with van der Waals surface area (Å²) in [6.07, 6.45) is 0.127. The van der Waals surface area contributed by atoms with Crippen molar-refractivity contribution in [1.82, 2.24) is 0 Å². The fraction of sp³-hybridized carbons (Fsp3) is 0.400. The second-order valence-corrected chi connectivity index (χ2v) is 4.20. The van der Waals surface area contributed by atoms with Gasteiger partial charge in [-0.1, -0.05) is 11.8 Å². The van der Waals surface area contributed by atoms with Crippen LogP contribution in [-0.2, 0) is 14.3 Å². The predicted octanol–water partition coefficient (Wildman–Crippen LogP) is 1.44. The maximum atomic E-state index is 10.9. The topological polar surface area (TPSA) is 38.8 Å². The zero-order valence-electron chi connectivity index (χ0n) is 11.0. The molecule has 0 spiro atoms. The molecule has 1 aliphatic heterocycles. The van der Waals surface area contributed by atoms with Gasteiger partial charge in [0, 0.05) is 24.3 Å². The molecular formula is C15H17NO3. The molecule has 0 amide bonds. The third-order valence-electron chi connectivity index (χ3n) is 2.94. The number of esters is 1. The van der Waals surface area contributed by atoms with Crippen molar-refractivity contribution < 1.29 is 14.3 Å². The van der Waals surface area contributed by atoms with Crippen molar-refractivity contribution in [2.24, 2.45) is 0 Å². The Morgan fingerprint density at radius 2 is 2.00 bits per heavy atom. The van der Waals surface area contributed by atoms with Gasteiger partial charge in [0.2, 0.25) is 0 Å². The summed E-state index contributed by atoms with van der Waals surface area (Å²) in [5.74, 6) is 5.43. The number of carbonyl (C=O) groups excluding carboxylic acids is 1. The summed E-state index contributed by atoms with van der Waals surface area (Å²) in [6.45, 7) is 3.40. The van der Waals surface area contributed by atoms with Gasteiger partial charge in [-0.2, -0.15) is 0 Å². The molecule has 0 aromatic heterocycles. The summed E-state index contributed by atoms with van der Waals surface area (Å²) in [5, 5.41) is 0. The second kappa shape index (κ2) is 6.81. The average Bonchev–Trinajstić information content (AvgIpc) is 2.48. The lowest BCUT2D eigenvalue weighted by Gasteiger charge is -2.28. The normalized spacial score (nSPS) is 14.5. The SMILES string of the molecule is COC(=O)CC#Cc1ccc(N2CCOCC2)cc1. The third kappa shape index (κ3) is 4.01. The Balaban J connectivity index is 1.95. The molecule has 0 unspecified atom stereocenters. The highest BCUT2D eigenvalue weighted by molar-refractivity contribution is 5.72. The van der Waals surface area contributed by atoms with Crippen molar-refractivity contribution >= 4 is 11.7 Å². The van der Waals surface area contributed by atoms with Crippen LogP contribution < -0.4 is 4.90 Å². The van der Waals surface area contributed by atoms with Crippen molar-refractivity contribution in [1.29, 1.82) is 0 Å². The molecular weight excluding hydrogens is 242 g/mol. The first-order chi connectivity index (χ1) is 9.29. The Morgan fingerprint density at radius 3 is 2.63 bits per heavy atom. The molecule has 4 heteroatoms. The molecule has 0 saturated carbocycles. The first kappa shape index (κ1) is 13.4. The Morgan fingerprint density at radius 1 is 1.32 bits per heavy atom. The van der Waals surface area contributed by atoms with E-state index in [1.807, 2.05) is 24.3 Å². The van der Waals surface area contributed by atoms with E-state index in [2.05, 4.69) is 21.5 Å². The number of anilines is 1. The van der Waals surface area contributed by atoms with Crippen LogP contribution in [0.25, 0.3) is 0 Å². The minimum Gasteiger partial charge on any atom is -0.468 e. The fourth-order valence-corrected chi connectivity index (χ4v) is 1.87. The van der Waals surface area contributed by atoms with Crippen molar-refractivity contribution in [2.45, 2.75) is 6.42 Å². The molecule has 100 valence electrons. The van der Waals surface area contributed by atoms with Gasteiger partial charge >= 0.3 is 5.97 Å². The van der Waals surface area contributed by atoms with Gasteiger partial charge in [-0.3, -0.25) is 4.79 Å². The summed E-state index contributed by atoms with van der Waals surface area (Å²) >= 11 is 0. The molecule has 1 aromatic carbocycles. The quantitative estimate of drug-likeness (QED) is 0.595. The standard InChI is InChI=1S/C15H17NO3/c1-18-15(17)4-2-3-13-5-7-14(8-6-13)16-9-11-19-12-10-16/h5-8H,4,9-12H2,1H3. The molecule has 19 heavy (non-hydrogen) atoms. The molecule has 0 atom stereocenters. The van der Waals surface area contributed by atoms with Crippen LogP contribution in [0.3, 0.4) is 0 Å². The molecule has 2 rings (SSSR count). The lowest BCUT2D eigenvalue weighted by molar-refractivity contribution is -0.139. The lowest BCUT2D eigenvalue weighted by atomic mass is 10.2. The maximum Gasteiger partial charge on any atom is 0.317 e. The number of rotatable bonds is 2. The number of benzene rings is 1. The fourth-order valence-electron chi connectivity index (χ4n) is 1.87. The molecule has 0 N–H and O–H groups in total. The van der Waals surface area contributed by atoms with Crippen LogP contribution in [0.1, 0.15) is 12.0 Å². The highest BCUT2D eigenvalue weighted by Crippen LogP contribution is 2.16. The van der Waals surface area contributed by atoms with Gasteiger partial charge in [-0.25, -0.2) is 0 Å². The summed E-state index contributed by atoms with van der Waals surface area (Å²) in [5.41, 5.74) is 2.09. The maximum absolute atomic E-state index is 10.9. The minimum atomic E-state index is -0.308. The van der Waals surface area contributed by atoms with E-state index in [9.17, 15) is 4.79 Å². The zero-order chi connectivity index (χ0) is 13.5. The number of hydrogen-bond donors (Lipinski definition) is 0. The molecule has 1 aromatic rings. The van der Waals surface area contributed by atoms with E-state index in [1.165, 1.54) is 12.8 Å². The Hall–Kier alpha value is -1.99. The van der Waals surface area contributed by atoms with Crippen molar-refractivity contribution in [3.63, 3.8) is 0 Å². The van der Waals surface area contributed by atoms with E-state index in [1.54, 1.807) is 0 Å². The van der Waals surface area contributed by atoms with E-state index in [4.69, 9.17) is 4.74 Å². The third-order valence-corrected chi connectivity index (χ3v) is 2.94. The van der Waals surface area contributed by atoms with Gasteiger partial charge < -0.3 is 14.4 Å². The first-order valence-corrected chi connectivity index (χ1v) is 6.28. The molecule has 1 heterocycles. The van der Waals surface area contributed by atoms with Gasteiger partial charge in [0.1, 0.15) is 6.42 Å². The molecule has 1 aliphatic rings. The first-order valence-electron chi connectivity index (χ1n) is 6.28. The van der Waals surface area contributed by atoms with Gasteiger partial charge in [-0.05, 0) is 24.3 Å². The largest absolute Gasteiger partial charge is 0.468 e.